The van der Waals surface area contributed by atoms with Gasteiger partial charge in [-0.15, -0.1) is 0 Å². The maximum absolute atomic E-state index is 12.7. The maximum Gasteiger partial charge on any atom is 0.240 e. The van der Waals surface area contributed by atoms with E-state index in [0.717, 1.165) is 43.2 Å². The molecule has 1 aromatic carbocycles. The van der Waals surface area contributed by atoms with Crippen LogP contribution in [0, 0.1) is 0 Å². The zero-order chi connectivity index (χ0) is 17.2. The average Bonchev–Trinajstić information content (AvgIpc) is 2.81. The molecule has 132 valence electrons. The number of carbonyl (C=O) groups is 1. The summed E-state index contributed by atoms with van der Waals surface area (Å²) < 4.78 is 28.3. The quantitative estimate of drug-likeness (QED) is 0.852. The summed E-state index contributed by atoms with van der Waals surface area (Å²) in [6.45, 7) is 2.76. The fourth-order valence-electron chi connectivity index (χ4n) is 3.65. The fourth-order valence-corrected chi connectivity index (χ4v) is 5.01. The molecule has 0 bridgehead atoms. The molecule has 1 saturated carbocycles. The van der Waals surface area contributed by atoms with E-state index in [-0.39, 0.29) is 11.9 Å². The number of carbonyl (C=O) groups excluding carboxylic acids is 1. The highest BCUT2D eigenvalue weighted by Crippen LogP contribution is 2.24. The Morgan fingerprint density at radius 2 is 1.83 bits per heavy atom. The summed E-state index contributed by atoms with van der Waals surface area (Å²) in [5, 5.41) is 0. The molecule has 1 aromatic rings. The molecule has 0 spiro atoms. The van der Waals surface area contributed by atoms with Crippen LogP contribution in [-0.4, -0.2) is 31.8 Å². The van der Waals surface area contributed by atoms with Crippen molar-refractivity contribution in [3.8, 4) is 0 Å². The second-order valence-electron chi connectivity index (χ2n) is 6.93. The third kappa shape index (κ3) is 3.98. The van der Waals surface area contributed by atoms with Crippen LogP contribution in [0.3, 0.4) is 0 Å². The minimum atomic E-state index is -3.50. The van der Waals surface area contributed by atoms with Crippen LogP contribution in [0.1, 0.15) is 56.6 Å². The van der Waals surface area contributed by atoms with Crippen molar-refractivity contribution in [1.82, 2.24) is 9.62 Å². The van der Waals surface area contributed by atoms with Crippen LogP contribution in [0.2, 0.25) is 0 Å². The Labute approximate surface area is 144 Å². The molecule has 1 fully saturated rings. The zero-order valence-electron chi connectivity index (χ0n) is 14.3. The first kappa shape index (κ1) is 17.4. The van der Waals surface area contributed by atoms with Crippen LogP contribution in [-0.2, 0) is 27.8 Å². The summed E-state index contributed by atoms with van der Waals surface area (Å²) in [7, 11) is -3.50. The first-order valence-electron chi connectivity index (χ1n) is 8.85. The Morgan fingerprint density at radius 3 is 2.50 bits per heavy atom. The van der Waals surface area contributed by atoms with Crippen molar-refractivity contribution < 1.29 is 13.2 Å². The Balaban J connectivity index is 1.78. The first-order chi connectivity index (χ1) is 11.5. The van der Waals surface area contributed by atoms with Gasteiger partial charge in [0.15, 0.2) is 0 Å². The lowest BCUT2D eigenvalue weighted by atomic mass is 10.00. The summed E-state index contributed by atoms with van der Waals surface area (Å²) in [5.74, 6) is 0.0329. The lowest BCUT2D eigenvalue weighted by molar-refractivity contribution is -0.129. The number of rotatable bonds is 3. The van der Waals surface area contributed by atoms with Gasteiger partial charge in [0.25, 0.3) is 0 Å². The molecule has 0 radical (unpaired) electrons. The predicted octanol–water partition coefficient (Wildman–Crippen LogP) is 2.59. The standard InChI is InChI=1S/C18H26N2O3S/c1-14(21)20-11-10-15-8-9-18(12-16(15)13-20)24(22,23)19-17-6-4-2-3-5-7-17/h8-9,12,17,19H,2-7,10-11,13H2,1H3. The number of sulfonamides is 1. The second-order valence-corrected chi connectivity index (χ2v) is 8.64. The molecule has 0 atom stereocenters. The average molecular weight is 350 g/mol. The number of hydrogen-bond acceptors (Lipinski definition) is 3. The monoisotopic (exact) mass is 350 g/mol. The van der Waals surface area contributed by atoms with Crippen molar-refractivity contribution >= 4 is 15.9 Å². The van der Waals surface area contributed by atoms with Gasteiger partial charge in [-0.05, 0) is 42.5 Å². The minimum Gasteiger partial charge on any atom is -0.338 e. The second kappa shape index (κ2) is 7.23. The molecular formula is C18H26N2O3S. The molecule has 0 unspecified atom stereocenters. The van der Waals surface area contributed by atoms with Crippen LogP contribution in [0.25, 0.3) is 0 Å². The van der Waals surface area contributed by atoms with Crippen molar-refractivity contribution in [2.75, 3.05) is 6.54 Å². The largest absolute Gasteiger partial charge is 0.338 e. The van der Waals surface area contributed by atoms with Gasteiger partial charge < -0.3 is 4.90 Å². The maximum atomic E-state index is 12.7. The van der Waals surface area contributed by atoms with E-state index >= 15 is 0 Å². The third-order valence-electron chi connectivity index (χ3n) is 5.12. The molecule has 1 amide bonds. The van der Waals surface area contributed by atoms with E-state index < -0.39 is 10.0 Å². The van der Waals surface area contributed by atoms with Crippen LogP contribution < -0.4 is 4.72 Å². The number of hydrogen-bond donors (Lipinski definition) is 1. The topological polar surface area (TPSA) is 66.5 Å². The van der Waals surface area contributed by atoms with Crippen molar-refractivity contribution in [2.24, 2.45) is 0 Å². The molecule has 1 aliphatic carbocycles. The van der Waals surface area contributed by atoms with Gasteiger partial charge in [0.05, 0.1) is 4.90 Å². The van der Waals surface area contributed by atoms with Gasteiger partial charge in [0.2, 0.25) is 15.9 Å². The Morgan fingerprint density at radius 1 is 1.12 bits per heavy atom. The smallest absolute Gasteiger partial charge is 0.240 e. The molecule has 5 nitrogen and oxygen atoms in total. The third-order valence-corrected chi connectivity index (χ3v) is 6.64. The van der Waals surface area contributed by atoms with Crippen LogP contribution in [0.5, 0.6) is 0 Å². The SMILES string of the molecule is CC(=O)N1CCc2ccc(S(=O)(=O)NC3CCCCCC3)cc2C1. The molecule has 2 aliphatic rings. The van der Waals surface area contributed by atoms with E-state index in [0.29, 0.717) is 18.0 Å². The molecule has 1 N–H and O–H groups in total. The first-order valence-corrected chi connectivity index (χ1v) is 10.3. The molecular weight excluding hydrogens is 324 g/mol. The molecule has 3 rings (SSSR count). The number of nitrogens with zero attached hydrogens (tertiary/aromatic N) is 1. The van der Waals surface area contributed by atoms with E-state index in [1.165, 1.54) is 12.8 Å². The summed E-state index contributed by atoms with van der Waals surface area (Å²) in [6.07, 6.45) is 7.18. The molecule has 1 aliphatic heterocycles. The summed E-state index contributed by atoms with van der Waals surface area (Å²) in [4.78, 5) is 13.7. The van der Waals surface area contributed by atoms with Gasteiger partial charge in [0, 0.05) is 26.1 Å². The zero-order valence-corrected chi connectivity index (χ0v) is 15.1. The van der Waals surface area contributed by atoms with Crippen LogP contribution in [0.4, 0.5) is 0 Å². The lowest BCUT2D eigenvalue weighted by Gasteiger charge is -2.28. The van der Waals surface area contributed by atoms with Gasteiger partial charge >= 0.3 is 0 Å². The Kier molecular flexibility index (Phi) is 5.25. The van der Waals surface area contributed by atoms with Crippen molar-refractivity contribution in [3.05, 3.63) is 29.3 Å². The number of nitrogens with one attached hydrogen (secondary N) is 1. The van der Waals surface area contributed by atoms with E-state index in [1.807, 2.05) is 6.07 Å². The molecule has 6 heteroatoms. The van der Waals surface area contributed by atoms with Gasteiger partial charge in [-0.1, -0.05) is 31.7 Å². The van der Waals surface area contributed by atoms with E-state index in [1.54, 1.807) is 24.0 Å². The van der Waals surface area contributed by atoms with Crippen LogP contribution in [0.15, 0.2) is 23.1 Å². The highest BCUT2D eigenvalue weighted by Gasteiger charge is 2.24. The molecule has 1 heterocycles. The van der Waals surface area contributed by atoms with Crippen molar-refractivity contribution in [3.63, 3.8) is 0 Å². The highest BCUT2D eigenvalue weighted by atomic mass is 32.2. The Bertz CT molecular complexity index is 707. The van der Waals surface area contributed by atoms with Gasteiger partial charge in [0.1, 0.15) is 0 Å². The van der Waals surface area contributed by atoms with E-state index in [4.69, 9.17) is 0 Å². The highest BCUT2D eigenvalue weighted by molar-refractivity contribution is 7.89. The van der Waals surface area contributed by atoms with E-state index in [2.05, 4.69) is 4.72 Å². The van der Waals surface area contributed by atoms with E-state index in [9.17, 15) is 13.2 Å². The lowest BCUT2D eigenvalue weighted by Crippen LogP contribution is -2.36. The van der Waals surface area contributed by atoms with Crippen molar-refractivity contribution in [1.29, 1.82) is 0 Å². The molecule has 0 saturated heterocycles. The fraction of sp³-hybridized carbons (Fsp3) is 0.611. The van der Waals surface area contributed by atoms with Crippen molar-refractivity contribution in [2.45, 2.75) is 69.4 Å². The number of fused-ring (bicyclic) bond motifs is 1. The summed E-state index contributed by atoms with van der Waals surface area (Å²) in [6, 6.07) is 5.38. The molecule has 0 aromatic heterocycles. The van der Waals surface area contributed by atoms with Gasteiger partial charge in [-0.25, -0.2) is 13.1 Å². The van der Waals surface area contributed by atoms with Crippen LogP contribution >= 0.6 is 0 Å². The number of amides is 1. The number of benzene rings is 1. The summed E-state index contributed by atoms with van der Waals surface area (Å²) in [5.41, 5.74) is 2.08. The Hall–Kier alpha value is -1.40. The van der Waals surface area contributed by atoms with Gasteiger partial charge in [-0.3, -0.25) is 4.79 Å². The summed E-state index contributed by atoms with van der Waals surface area (Å²) >= 11 is 0. The van der Waals surface area contributed by atoms with Gasteiger partial charge in [-0.2, -0.15) is 0 Å². The predicted molar refractivity (Wildman–Crippen MR) is 93.0 cm³/mol. The normalized spacial score (nSPS) is 19.6. The molecule has 24 heavy (non-hydrogen) atoms. The minimum absolute atomic E-state index is 0.0329.